The molecule has 0 aromatic heterocycles. The molecule has 33 heavy (non-hydrogen) atoms. The second-order valence-electron chi connectivity index (χ2n) is 7.76. The van der Waals surface area contributed by atoms with Crippen molar-refractivity contribution in [1.82, 2.24) is 9.21 Å². The minimum absolute atomic E-state index is 0.00262. The van der Waals surface area contributed by atoms with Gasteiger partial charge in [0.1, 0.15) is 5.82 Å². The van der Waals surface area contributed by atoms with Crippen molar-refractivity contribution in [2.75, 3.05) is 26.2 Å². The van der Waals surface area contributed by atoms with Crippen LogP contribution in [0.4, 0.5) is 4.39 Å². The van der Waals surface area contributed by atoms with E-state index in [1.54, 1.807) is 11.8 Å². The highest BCUT2D eigenvalue weighted by Gasteiger charge is 2.32. The number of esters is 1. The molecule has 7 nitrogen and oxygen atoms in total. The molecule has 0 spiro atoms. The van der Waals surface area contributed by atoms with Crippen LogP contribution in [0.2, 0.25) is 5.02 Å². The Morgan fingerprint density at radius 3 is 2.27 bits per heavy atom. The van der Waals surface area contributed by atoms with E-state index >= 15 is 0 Å². The molecule has 0 N–H and O–H groups in total. The summed E-state index contributed by atoms with van der Waals surface area (Å²) in [6, 6.07) is 11.1. The van der Waals surface area contributed by atoms with Crippen molar-refractivity contribution >= 4 is 33.5 Å². The molecule has 1 fully saturated rings. The molecule has 1 aliphatic heterocycles. The number of nitrogens with zero attached hydrogens (tertiary/aromatic N) is 2. The van der Waals surface area contributed by atoms with Gasteiger partial charge < -0.3 is 9.64 Å². The molecule has 2 aromatic carbocycles. The van der Waals surface area contributed by atoms with Gasteiger partial charge in [-0.2, -0.15) is 4.31 Å². The minimum atomic E-state index is -4.03. The maximum absolute atomic E-state index is 13.3. The Labute approximate surface area is 198 Å². The number of sulfonamides is 1. The molecule has 0 aliphatic carbocycles. The van der Waals surface area contributed by atoms with Crippen LogP contribution in [0.25, 0.3) is 0 Å². The summed E-state index contributed by atoms with van der Waals surface area (Å²) < 4.78 is 46.1. The molecule has 1 saturated heterocycles. The van der Waals surface area contributed by atoms with Crippen LogP contribution in [-0.4, -0.2) is 55.7 Å². The van der Waals surface area contributed by atoms with Crippen molar-refractivity contribution in [3.63, 3.8) is 0 Å². The Kier molecular flexibility index (Phi) is 8.45. The van der Waals surface area contributed by atoms with Crippen molar-refractivity contribution in [1.29, 1.82) is 0 Å². The first-order valence-corrected chi connectivity index (χ1v) is 12.5. The third-order valence-corrected chi connectivity index (χ3v) is 7.56. The van der Waals surface area contributed by atoms with E-state index in [0.29, 0.717) is 43.1 Å². The first-order chi connectivity index (χ1) is 15.7. The molecule has 1 heterocycles. The van der Waals surface area contributed by atoms with Crippen molar-refractivity contribution < 1.29 is 27.1 Å². The summed E-state index contributed by atoms with van der Waals surface area (Å²) in [5.41, 5.74) is 0.544. The van der Waals surface area contributed by atoms with Crippen LogP contribution >= 0.6 is 11.6 Å². The predicted molar refractivity (Wildman–Crippen MR) is 121 cm³/mol. The van der Waals surface area contributed by atoms with Crippen LogP contribution in [-0.2, 0) is 30.9 Å². The van der Waals surface area contributed by atoms with E-state index in [1.807, 2.05) is 0 Å². The van der Waals surface area contributed by atoms with Crippen molar-refractivity contribution in [3.05, 3.63) is 64.9 Å². The van der Waals surface area contributed by atoms with E-state index in [9.17, 15) is 22.4 Å². The fourth-order valence-corrected chi connectivity index (χ4v) is 5.15. The number of amides is 1. The topological polar surface area (TPSA) is 84.0 Å². The number of likely N-dealkylation sites (tertiary alicyclic amines) is 1. The highest BCUT2D eigenvalue weighted by Crippen LogP contribution is 2.23. The standard InChI is InChI=1S/C23H26ClFN2O5S/c1-2-32-23(29)18-11-13-26(14-12-18)22(28)16-27(15-17-3-7-20(25)8-4-17)33(30,31)21-9-5-19(24)6-10-21/h3-10,18H,2,11-16H2,1H3. The Morgan fingerprint density at radius 1 is 1.09 bits per heavy atom. The zero-order chi connectivity index (χ0) is 24.0. The SMILES string of the molecule is CCOC(=O)C1CCN(C(=O)CN(Cc2ccc(F)cc2)S(=O)(=O)c2ccc(Cl)cc2)CC1. The average molecular weight is 497 g/mol. The summed E-state index contributed by atoms with van der Waals surface area (Å²) in [4.78, 5) is 26.5. The van der Waals surface area contributed by atoms with Gasteiger partial charge in [-0.15, -0.1) is 0 Å². The Balaban J connectivity index is 1.76. The van der Waals surface area contributed by atoms with E-state index in [1.165, 1.54) is 48.5 Å². The molecule has 1 aliphatic rings. The highest BCUT2D eigenvalue weighted by atomic mass is 35.5. The molecule has 0 radical (unpaired) electrons. The summed E-state index contributed by atoms with van der Waals surface area (Å²) in [7, 11) is -4.03. The van der Waals surface area contributed by atoms with E-state index in [-0.39, 0.29) is 35.8 Å². The smallest absolute Gasteiger partial charge is 0.309 e. The van der Waals surface area contributed by atoms with E-state index in [4.69, 9.17) is 16.3 Å². The van der Waals surface area contributed by atoms with E-state index in [2.05, 4.69) is 0 Å². The molecule has 0 atom stereocenters. The summed E-state index contributed by atoms with van der Waals surface area (Å²) in [5, 5.41) is 0.389. The number of ether oxygens (including phenoxy) is 1. The van der Waals surface area contributed by atoms with Gasteiger partial charge in [0, 0.05) is 24.7 Å². The van der Waals surface area contributed by atoms with Crippen LogP contribution in [0, 0.1) is 11.7 Å². The fourth-order valence-electron chi connectivity index (χ4n) is 3.65. The van der Waals surface area contributed by atoms with Gasteiger partial charge in [-0.3, -0.25) is 9.59 Å². The van der Waals surface area contributed by atoms with Crippen LogP contribution in [0.3, 0.4) is 0 Å². The lowest BCUT2D eigenvalue weighted by atomic mass is 9.97. The van der Waals surface area contributed by atoms with E-state index < -0.39 is 15.8 Å². The molecule has 3 rings (SSSR count). The number of hydrogen-bond acceptors (Lipinski definition) is 5. The number of piperidine rings is 1. The number of benzene rings is 2. The molecule has 2 aromatic rings. The second-order valence-corrected chi connectivity index (χ2v) is 10.1. The number of hydrogen-bond donors (Lipinski definition) is 0. The molecule has 0 unspecified atom stereocenters. The van der Waals surface area contributed by atoms with Gasteiger partial charge in [0.2, 0.25) is 15.9 Å². The maximum atomic E-state index is 13.3. The molecule has 0 bridgehead atoms. The van der Waals surface area contributed by atoms with Gasteiger partial charge in [0.15, 0.2) is 0 Å². The van der Waals surface area contributed by atoms with Crippen molar-refractivity contribution in [3.8, 4) is 0 Å². The first-order valence-electron chi connectivity index (χ1n) is 10.6. The van der Waals surface area contributed by atoms with Crippen LogP contribution < -0.4 is 0 Å². The van der Waals surface area contributed by atoms with Gasteiger partial charge in [-0.25, -0.2) is 12.8 Å². The van der Waals surface area contributed by atoms with Gasteiger partial charge in [-0.1, -0.05) is 23.7 Å². The Hall–Kier alpha value is -2.49. The quantitative estimate of drug-likeness (QED) is 0.522. The van der Waals surface area contributed by atoms with Crippen molar-refractivity contribution in [2.45, 2.75) is 31.2 Å². The number of carbonyl (C=O) groups is 2. The summed E-state index contributed by atoms with van der Waals surface area (Å²) in [6.45, 7) is 2.25. The second kappa shape index (κ2) is 11.1. The first kappa shape index (κ1) is 25.1. The minimum Gasteiger partial charge on any atom is -0.466 e. The van der Waals surface area contributed by atoms with Crippen LogP contribution in [0.1, 0.15) is 25.3 Å². The highest BCUT2D eigenvalue weighted by molar-refractivity contribution is 7.89. The van der Waals surface area contributed by atoms with Gasteiger partial charge in [0.25, 0.3) is 0 Å². The lowest BCUT2D eigenvalue weighted by Crippen LogP contribution is -2.46. The van der Waals surface area contributed by atoms with Crippen molar-refractivity contribution in [2.24, 2.45) is 5.92 Å². The maximum Gasteiger partial charge on any atom is 0.309 e. The third-order valence-electron chi connectivity index (χ3n) is 5.50. The van der Waals surface area contributed by atoms with Crippen LogP contribution in [0.15, 0.2) is 53.4 Å². The van der Waals surface area contributed by atoms with E-state index in [0.717, 1.165) is 4.31 Å². The average Bonchev–Trinajstić information content (AvgIpc) is 2.80. The monoisotopic (exact) mass is 496 g/mol. The summed E-state index contributed by atoms with van der Waals surface area (Å²) in [5.74, 6) is -1.33. The Morgan fingerprint density at radius 2 is 1.70 bits per heavy atom. The normalized spacial score (nSPS) is 15.0. The Bertz CT molecular complexity index is 1070. The number of halogens is 2. The van der Waals surface area contributed by atoms with Gasteiger partial charge in [0.05, 0.1) is 24.0 Å². The lowest BCUT2D eigenvalue weighted by Gasteiger charge is -2.32. The number of rotatable bonds is 8. The predicted octanol–water partition coefficient (Wildman–Crippen LogP) is 3.47. The summed E-state index contributed by atoms with van der Waals surface area (Å²) in [6.07, 6.45) is 0.930. The zero-order valence-electron chi connectivity index (χ0n) is 18.2. The summed E-state index contributed by atoms with van der Waals surface area (Å²) >= 11 is 5.89. The molecule has 10 heteroatoms. The largest absolute Gasteiger partial charge is 0.466 e. The number of carbonyl (C=O) groups excluding carboxylic acids is 2. The third kappa shape index (κ3) is 6.52. The molecular weight excluding hydrogens is 471 g/mol. The molecule has 0 saturated carbocycles. The lowest BCUT2D eigenvalue weighted by molar-refractivity contribution is -0.151. The zero-order valence-corrected chi connectivity index (χ0v) is 19.8. The fraction of sp³-hybridized carbons (Fsp3) is 0.391. The van der Waals surface area contributed by atoms with Gasteiger partial charge in [-0.05, 0) is 61.7 Å². The van der Waals surface area contributed by atoms with Crippen LogP contribution in [0.5, 0.6) is 0 Å². The molecular formula is C23H26ClFN2O5S. The molecule has 1 amide bonds. The molecule has 178 valence electrons. The van der Waals surface area contributed by atoms with Gasteiger partial charge >= 0.3 is 5.97 Å².